The van der Waals surface area contributed by atoms with Crippen LogP contribution in [0.1, 0.15) is 54.2 Å². The summed E-state index contributed by atoms with van der Waals surface area (Å²) in [5.74, 6) is -1.36. The van der Waals surface area contributed by atoms with Gasteiger partial charge in [0, 0.05) is 16.5 Å². The molecule has 0 aromatic heterocycles. The summed E-state index contributed by atoms with van der Waals surface area (Å²) >= 11 is 12.3. The number of halogens is 2. The van der Waals surface area contributed by atoms with Gasteiger partial charge >= 0.3 is 5.97 Å². The summed E-state index contributed by atoms with van der Waals surface area (Å²) in [6.45, 7) is 3.92. The van der Waals surface area contributed by atoms with Gasteiger partial charge in [-0.2, -0.15) is 0 Å². The van der Waals surface area contributed by atoms with Gasteiger partial charge in [-0.15, -0.1) is 0 Å². The molecule has 0 bridgehead atoms. The number of hydrogen-bond acceptors (Lipinski definition) is 3. The summed E-state index contributed by atoms with van der Waals surface area (Å²) in [5.41, 5.74) is 3.63. The Balaban J connectivity index is 1.84. The summed E-state index contributed by atoms with van der Waals surface area (Å²) in [5, 5.41) is 11.3. The molecule has 1 saturated heterocycles. The number of benzene rings is 3. The monoisotopic (exact) mass is 525 g/mol. The van der Waals surface area contributed by atoms with Gasteiger partial charge in [-0.1, -0.05) is 90.6 Å². The molecule has 36 heavy (non-hydrogen) atoms. The largest absolute Gasteiger partial charge is 0.480 e. The lowest BCUT2D eigenvalue weighted by Crippen LogP contribution is -2.57. The molecular formula is C29H29Cl2NO4. The fourth-order valence-corrected chi connectivity index (χ4v) is 5.00. The molecule has 0 radical (unpaired) electrons. The molecular weight excluding hydrogens is 497 g/mol. The van der Waals surface area contributed by atoms with Crippen LogP contribution in [0.25, 0.3) is 0 Å². The van der Waals surface area contributed by atoms with Crippen molar-refractivity contribution in [2.45, 2.75) is 57.4 Å². The SMILES string of the molecule is CCCC(C(=O)O)N1C(=O)C(Cc2ccc(C)cc2)OC(c2ccc(Cl)cc2)C1c1ccc(Cl)cc1. The molecule has 1 aliphatic heterocycles. The number of ether oxygens (including phenoxy) is 1. The van der Waals surface area contributed by atoms with E-state index in [0.29, 0.717) is 29.3 Å². The zero-order chi connectivity index (χ0) is 25.8. The van der Waals surface area contributed by atoms with Crippen LogP contribution in [0.5, 0.6) is 0 Å². The number of carbonyl (C=O) groups excluding carboxylic acids is 1. The van der Waals surface area contributed by atoms with Gasteiger partial charge in [-0.05, 0) is 54.3 Å². The fourth-order valence-electron chi connectivity index (χ4n) is 4.74. The van der Waals surface area contributed by atoms with E-state index in [2.05, 4.69) is 0 Å². The van der Waals surface area contributed by atoms with Crippen LogP contribution in [0.3, 0.4) is 0 Å². The third kappa shape index (κ3) is 5.75. The van der Waals surface area contributed by atoms with Crippen LogP contribution < -0.4 is 0 Å². The minimum Gasteiger partial charge on any atom is -0.480 e. The summed E-state index contributed by atoms with van der Waals surface area (Å²) in [7, 11) is 0. The maximum Gasteiger partial charge on any atom is 0.326 e. The van der Waals surface area contributed by atoms with Crippen LogP contribution in [-0.4, -0.2) is 34.0 Å². The lowest BCUT2D eigenvalue weighted by atomic mass is 9.88. The predicted octanol–water partition coefficient (Wildman–Crippen LogP) is 6.81. The maximum absolute atomic E-state index is 14.0. The van der Waals surface area contributed by atoms with Crippen LogP contribution in [0.4, 0.5) is 0 Å². The molecule has 5 nitrogen and oxygen atoms in total. The van der Waals surface area contributed by atoms with Crippen LogP contribution in [-0.2, 0) is 20.7 Å². The zero-order valence-electron chi connectivity index (χ0n) is 20.2. The van der Waals surface area contributed by atoms with Crippen molar-refractivity contribution in [1.82, 2.24) is 4.90 Å². The lowest BCUT2D eigenvalue weighted by Gasteiger charge is -2.47. The van der Waals surface area contributed by atoms with Gasteiger partial charge in [0.2, 0.25) is 0 Å². The normalized spacial score (nSPS) is 20.8. The highest BCUT2D eigenvalue weighted by molar-refractivity contribution is 6.30. The quantitative estimate of drug-likeness (QED) is 0.350. The van der Waals surface area contributed by atoms with Gasteiger partial charge in [-0.3, -0.25) is 4.79 Å². The molecule has 1 N–H and O–H groups in total. The zero-order valence-corrected chi connectivity index (χ0v) is 21.7. The van der Waals surface area contributed by atoms with Crippen molar-refractivity contribution in [2.24, 2.45) is 0 Å². The molecule has 3 aromatic carbocycles. The summed E-state index contributed by atoms with van der Waals surface area (Å²) in [6, 6.07) is 20.7. The molecule has 0 aliphatic carbocycles. The van der Waals surface area contributed by atoms with Gasteiger partial charge in [0.05, 0.1) is 6.04 Å². The Hall–Kier alpha value is -2.86. The van der Waals surface area contributed by atoms with E-state index in [1.807, 2.05) is 62.4 Å². The second-order valence-corrected chi connectivity index (χ2v) is 10.0. The lowest BCUT2D eigenvalue weighted by molar-refractivity contribution is -0.184. The molecule has 1 amide bonds. The topological polar surface area (TPSA) is 66.8 Å². The Morgan fingerprint density at radius 2 is 1.50 bits per heavy atom. The molecule has 188 valence electrons. The van der Waals surface area contributed by atoms with E-state index in [-0.39, 0.29) is 5.91 Å². The first-order chi connectivity index (χ1) is 17.3. The number of carboxylic acids is 1. The number of morpholine rings is 1. The van der Waals surface area contributed by atoms with E-state index >= 15 is 0 Å². The Morgan fingerprint density at radius 1 is 0.944 bits per heavy atom. The first-order valence-electron chi connectivity index (χ1n) is 12.1. The number of rotatable bonds is 8. The summed E-state index contributed by atoms with van der Waals surface area (Å²) in [6.07, 6.45) is -0.157. The molecule has 3 aromatic rings. The summed E-state index contributed by atoms with van der Waals surface area (Å²) < 4.78 is 6.53. The molecule has 4 unspecified atom stereocenters. The van der Waals surface area contributed by atoms with E-state index < -0.39 is 30.3 Å². The Labute approximate surface area is 221 Å². The van der Waals surface area contributed by atoms with E-state index in [1.54, 1.807) is 24.3 Å². The average Bonchev–Trinajstić information content (AvgIpc) is 2.86. The van der Waals surface area contributed by atoms with Gasteiger partial charge in [0.15, 0.2) is 0 Å². The Kier molecular flexibility index (Phi) is 8.35. The first kappa shape index (κ1) is 26.2. The summed E-state index contributed by atoms with van der Waals surface area (Å²) in [4.78, 5) is 28.0. The Bertz CT molecular complexity index is 1200. The molecule has 4 atom stereocenters. The van der Waals surface area contributed by atoms with Crippen molar-refractivity contribution in [2.75, 3.05) is 0 Å². The van der Waals surface area contributed by atoms with E-state index in [4.69, 9.17) is 27.9 Å². The molecule has 1 heterocycles. The minimum atomic E-state index is -1.03. The number of aryl methyl sites for hydroxylation is 1. The van der Waals surface area contributed by atoms with Crippen molar-refractivity contribution in [1.29, 1.82) is 0 Å². The number of aliphatic carboxylic acids is 1. The average molecular weight is 526 g/mol. The predicted molar refractivity (Wildman–Crippen MR) is 141 cm³/mol. The smallest absolute Gasteiger partial charge is 0.326 e. The number of carboxylic acid groups (broad SMARTS) is 1. The molecule has 1 aliphatic rings. The second kappa shape index (κ2) is 11.5. The van der Waals surface area contributed by atoms with Gasteiger partial charge in [-0.25, -0.2) is 4.79 Å². The minimum absolute atomic E-state index is 0.329. The molecule has 0 spiro atoms. The van der Waals surface area contributed by atoms with E-state index in [9.17, 15) is 14.7 Å². The third-order valence-corrected chi connectivity index (χ3v) is 7.07. The molecule has 7 heteroatoms. The van der Waals surface area contributed by atoms with Gasteiger partial charge in [0.1, 0.15) is 18.2 Å². The van der Waals surface area contributed by atoms with Gasteiger partial charge < -0.3 is 14.7 Å². The van der Waals surface area contributed by atoms with Crippen molar-refractivity contribution < 1.29 is 19.4 Å². The molecule has 4 rings (SSSR count). The van der Waals surface area contributed by atoms with Crippen LogP contribution in [0, 0.1) is 6.92 Å². The number of nitrogens with zero attached hydrogens (tertiary/aromatic N) is 1. The number of hydrogen-bond donors (Lipinski definition) is 1. The van der Waals surface area contributed by atoms with Crippen molar-refractivity contribution in [3.05, 3.63) is 105 Å². The highest BCUT2D eigenvalue weighted by Crippen LogP contribution is 2.44. The van der Waals surface area contributed by atoms with Gasteiger partial charge in [0.25, 0.3) is 5.91 Å². The Morgan fingerprint density at radius 3 is 2.03 bits per heavy atom. The van der Waals surface area contributed by atoms with E-state index in [0.717, 1.165) is 22.3 Å². The fraction of sp³-hybridized carbons (Fsp3) is 0.310. The second-order valence-electron chi connectivity index (χ2n) is 9.17. The molecule has 0 saturated carbocycles. The highest BCUT2D eigenvalue weighted by Gasteiger charge is 2.48. The van der Waals surface area contributed by atoms with Crippen molar-refractivity contribution in [3.8, 4) is 0 Å². The van der Waals surface area contributed by atoms with Crippen molar-refractivity contribution in [3.63, 3.8) is 0 Å². The number of carbonyl (C=O) groups is 2. The number of amides is 1. The first-order valence-corrected chi connectivity index (χ1v) is 12.8. The molecule has 1 fully saturated rings. The van der Waals surface area contributed by atoms with E-state index in [1.165, 1.54) is 4.90 Å². The highest BCUT2D eigenvalue weighted by atomic mass is 35.5. The van der Waals surface area contributed by atoms with Crippen molar-refractivity contribution >= 4 is 35.1 Å². The van der Waals surface area contributed by atoms with Crippen LogP contribution in [0.2, 0.25) is 10.0 Å². The third-order valence-electron chi connectivity index (χ3n) is 6.56. The van der Waals surface area contributed by atoms with Crippen LogP contribution in [0.15, 0.2) is 72.8 Å². The standard InChI is InChI=1S/C29H29Cl2NO4/c1-3-4-24(29(34)35)32-26(20-9-13-22(30)14-10-20)27(21-11-15-23(31)16-12-21)36-25(28(32)33)17-19-7-5-18(2)6-8-19/h5-16,24-27H,3-4,17H2,1-2H3,(H,34,35). The maximum atomic E-state index is 14.0. The van der Waals surface area contributed by atoms with Crippen LogP contribution >= 0.6 is 23.2 Å².